The third-order valence-electron chi connectivity index (χ3n) is 12.1. The van der Waals surface area contributed by atoms with Gasteiger partial charge in [-0.25, -0.2) is 0 Å². The minimum absolute atomic E-state index is 0.0144. The molecule has 0 aromatic rings. The topological polar surface area (TPSA) is 85.4 Å². The Morgan fingerprint density at radius 2 is 1.07 bits per heavy atom. The highest BCUT2D eigenvalue weighted by Crippen LogP contribution is 2.20. The molecular formula is C52H92N2O6. The van der Waals surface area contributed by atoms with Crippen LogP contribution in [-0.4, -0.2) is 86.8 Å². The van der Waals surface area contributed by atoms with Crippen LogP contribution < -0.4 is 0 Å². The van der Waals surface area contributed by atoms with Crippen LogP contribution in [0, 0.1) is 11.8 Å². The van der Waals surface area contributed by atoms with Crippen LogP contribution in [0.1, 0.15) is 213 Å². The van der Waals surface area contributed by atoms with E-state index in [1.165, 1.54) is 70.6 Å². The maximum absolute atomic E-state index is 12.9. The second-order valence-corrected chi connectivity index (χ2v) is 17.9. The average molecular weight is 841 g/mol. The van der Waals surface area contributed by atoms with E-state index in [-0.39, 0.29) is 24.0 Å². The first-order chi connectivity index (χ1) is 29.3. The van der Waals surface area contributed by atoms with E-state index in [9.17, 15) is 14.4 Å². The lowest BCUT2D eigenvalue weighted by Crippen LogP contribution is -2.44. The molecular weight excluding hydrogens is 749 g/mol. The second-order valence-electron chi connectivity index (χ2n) is 17.9. The molecule has 8 nitrogen and oxygen atoms in total. The second kappa shape index (κ2) is 40.5. The molecule has 3 atom stereocenters. The quantitative estimate of drug-likeness (QED) is 0.0261. The van der Waals surface area contributed by atoms with E-state index in [2.05, 4.69) is 61.4 Å². The predicted octanol–water partition coefficient (Wildman–Crippen LogP) is 12.9. The minimum atomic E-state index is -0.0877. The van der Waals surface area contributed by atoms with Gasteiger partial charge < -0.3 is 24.0 Å². The summed E-state index contributed by atoms with van der Waals surface area (Å²) >= 11 is 0. The summed E-state index contributed by atoms with van der Waals surface area (Å²) in [5.74, 6) is 0.808. The van der Waals surface area contributed by atoms with Crippen molar-refractivity contribution in [3.05, 3.63) is 29.8 Å². The number of nitrogens with zero attached hydrogens (tertiary/aromatic N) is 2. The Morgan fingerprint density at radius 1 is 0.583 bits per heavy atom. The number of hydrogen-bond acceptors (Lipinski definition) is 8. The number of carbonyl (C=O) groups is 3. The smallest absolute Gasteiger partial charge is 0.306 e. The lowest BCUT2D eigenvalue weighted by Gasteiger charge is -2.32. The highest BCUT2D eigenvalue weighted by molar-refractivity contribution is 5.70. The van der Waals surface area contributed by atoms with Gasteiger partial charge in [0.05, 0.1) is 13.2 Å². The van der Waals surface area contributed by atoms with E-state index < -0.39 is 0 Å². The zero-order chi connectivity index (χ0) is 43.7. The standard InChI is InChI=1S/C52H92N2O6/c1-6-9-22-30-47(4)38-45-58-50(55)35-27-20-16-12-14-18-25-33-49(60-52(57)37-29-40-54-43-41-53(5)42-44-54)34-26-19-15-13-17-21-28-36-51(56)59-46-39-48(31-23-10-7-2)32-24-11-8-3/h31,47-49H,2,6,8-9,11-22,24-30,32-46H2,1,3-5H3. The van der Waals surface area contributed by atoms with Gasteiger partial charge in [-0.15, -0.1) is 0 Å². The van der Waals surface area contributed by atoms with E-state index in [1.54, 1.807) is 0 Å². The highest BCUT2D eigenvalue weighted by Gasteiger charge is 2.17. The average Bonchev–Trinajstić information content (AvgIpc) is 3.23. The number of allylic oxidation sites excluding steroid dienone is 1. The molecule has 0 spiro atoms. The van der Waals surface area contributed by atoms with Gasteiger partial charge in [-0.1, -0.05) is 141 Å². The molecule has 1 rings (SSSR count). The molecule has 0 aromatic carbocycles. The Kier molecular flexibility index (Phi) is 37.4. The van der Waals surface area contributed by atoms with Gasteiger partial charge in [0.2, 0.25) is 0 Å². The van der Waals surface area contributed by atoms with Crippen molar-refractivity contribution in [1.82, 2.24) is 9.80 Å². The molecule has 0 bridgehead atoms. The van der Waals surface area contributed by atoms with Gasteiger partial charge in [0.25, 0.3) is 0 Å². The van der Waals surface area contributed by atoms with Crippen molar-refractivity contribution >= 4 is 17.9 Å². The molecule has 1 fully saturated rings. The van der Waals surface area contributed by atoms with Crippen LogP contribution in [-0.2, 0) is 28.6 Å². The number of piperazine rings is 1. The fourth-order valence-electron chi connectivity index (χ4n) is 7.98. The SMILES string of the molecule is C=C=C=C=CC(CCCCC)CCOC(=O)CCCCCCCCCC(CCCCCCCCCC(=O)OCCC(C)CCCCC)OC(=O)CCCN1CCN(C)CC1. The number of ether oxygens (including phenoxy) is 3. The molecule has 3 unspecified atom stereocenters. The Morgan fingerprint density at radius 3 is 1.62 bits per heavy atom. The summed E-state index contributed by atoms with van der Waals surface area (Å²) in [4.78, 5) is 42.2. The molecule has 0 aliphatic carbocycles. The number of hydrogen-bond donors (Lipinski definition) is 0. The van der Waals surface area contributed by atoms with Crippen molar-refractivity contribution < 1.29 is 28.6 Å². The Labute approximate surface area is 369 Å². The van der Waals surface area contributed by atoms with Crippen LogP contribution in [0.3, 0.4) is 0 Å². The van der Waals surface area contributed by atoms with Crippen LogP contribution in [0.2, 0.25) is 0 Å². The van der Waals surface area contributed by atoms with Crippen LogP contribution in [0.4, 0.5) is 0 Å². The summed E-state index contributed by atoms with van der Waals surface area (Å²) < 4.78 is 17.1. The van der Waals surface area contributed by atoms with Gasteiger partial charge in [-0.2, -0.15) is 0 Å². The lowest BCUT2D eigenvalue weighted by molar-refractivity contribution is -0.150. The minimum Gasteiger partial charge on any atom is -0.466 e. The number of rotatable bonds is 40. The van der Waals surface area contributed by atoms with E-state index in [0.717, 1.165) is 135 Å². The molecule has 0 N–H and O–H groups in total. The molecule has 60 heavy (non-hydrogen) atoms. The van der Waals surface area contributed by atoms with Crippen LogP contribution >= 0.6 is 0 Å². The maximum atomic E-state index is 12.9. The van der Waals surface area contributed by atoms with Crippen molar-refractivity contribution in [2.45, 2.75) is 219 Å². The van der Waals surface area contributed by atoms with Crippen molar-refractivity contribution in [2.24, 2.45) is 11.8 Å². The summed E-state index contributed by atoms with van der Waals surface area (Å²) in [6.07, 6.45) is 33.2. The lowest BCUT2D eigenvalue weighted by atomic mass is 9.98. The summed E-state index contributed by atoms with van der Waals surface area (Å²) in [7, 11) is 2.17. The molecule has 1 saturated heterocycles. The van der Waals surface area contributed by atoms with E-state index in [1.807, 2.05) is 6.08 Å². The number of carbonyl (C=O) groups excluding carboxylic acids is 3. The van der Waals surface area contributed by atoms with Gasteiger partial charge in [-0.3, -0.25) is 14.4 Å². The number of unbranched alkanes of at least 4 members (excludes halogenated alkanes) is 16. The van der Waals surface area contributed by atoms with Crippen LogP contribution in [0.15, 0.2) is 29.8 Å². The van der Waals surface area contributed by atoms with E-state index in [0.29, 0.717) is 44.3 Å². The third-order valence-corrected chi connectivity index (χ3v) is 12.1. The number of esters is 3. The largest absolute Gasteiger partial charge is 0.466 e. The monoisotopic (exact) mass is 841 g/mol. The third kappa shape index (κ3) is 35.1. The van der Waals surface area contributed by atoms with Crippen molar-refractivity contribution in [1.29, 1.82) is 0 Å². The van der Waals surface area contributed by atoms with Gasteiger partial charge in [0, 0.05) is 45.4 Å². The summed E-state index contributed by atoms with van der Waals surface area (Å²) in [6.45, 7) is 16.6. The summed E-state index contributed by atoms with van der Waals surface area (Å²) in [5.41, 5.74) is 8.39. The number of likely N-dealkylation sites (N-methyl/N-ethyl adjacent to an activating group) is 1. The Balaban J connectivity index is 2.27. The van der Waals surface area contributed by atoms with Gasteiger partial charge in [0.1, 0.15) is 6.10 Å². The van der Waals surface area contributed by atoms with Crippen molar-refractivity contribution in [2.75, 3.05) is 53.0 Å². The highest BCUT2D eigenvalue weighted by atomic mass is 16.5. The fourth-order valence-corrected chi connectivity index (χ4v) is 7.98. The van der Waals surface area contributed by atoms with Gasteiger partial charge in [-0.05, 0) is 108 Å². The molecule has 1 heterocycles. The molecule has 8 heteroatoms. The van der Waals surface area contributed by atoms with Gasteiger partial charge >= 0.3 is 17.9 Å². The van der Waals surface area contributed by atoms with E-state index >= 15 is 0 Å². The maximum Gasteiger partial charge on any atom is 0.306 e. The van der Waals surface area contributed by atoms with Crippen molar-refractivity contribution in [3.63, 3.8) is 0 Å². The van der Waals surface area contributed by atoms with E-state index in [4.69, 9.17) is 14.2 Å². The molecule has 0 amide bonds. The molecule has 0 radical (unpaired) electrons. The molecule has 1 aliphatic rings. The normalized spacial score (nSPS) is 14.7. The van der Waals surface area contributed by atoms with Crippen LogP contribution in [0.25, 0.3) is 0 Å². The predicted molar refractivity (Wildman–Crippen MR) is 249 cm³/mol. The summed E-state index contributed by atoms with van der Waals surface area (Å²) in [5, 5.41) is 0. The molecule has 0 saturated carbocycles. The Bertz CT molecular complexity index is 1180. The molecule has 346 valence electrons. The zero-order valence-corrected chi connectivity index (χ0v) is 39.5. The van der Waals surface area contributed by atoms with Crippen LogP contribution in [0.5, 0.6) is 0 Å². The molecule has 0 aromatic heterocycles. The molecule has 1 aliphatic heterocycles. The van der Waals surface area contributed by atoms with Crippen molar-refractivity contribution in [3.8, 4) is 0 Å². The first-order valence-corrected chi connectivity index (χ1v) is 25.0. The first kappa shape index (κ1) is 55.4. The zero-order valence-electron chi connectivity index (χ0n) is 39.5. The Hall–Kier alpha value is -2.59. The summed E-state index contributed by atoms with van der Waals surface area (Å²) in [6, 6.07) is 0. The fraction of sp³-hybridized carbons (Fsp3) is 0.846. The first-order valence-electron chi connectivity index (χ1n) is 25.0. The van der Waals surface area contributed by atoms with Gasteiger partial charge in [0.15, 0.2) is 0 Å².